The summed E-state index contributed by atoms with van der Waals surface area (Å²) in [4.78, 5) is 16.1. The van der Waals surface area contributed by atoms with E-state index in [1.807, 2.05) is 0 Å². The normalized spacial score (nSPS) is 27.8. The van der Waals surface area contributed by atoms with E-state index < -0.39 is 54.7 Å². The van der Waals surface area contributed by atoms with E-state index in [1.54, 1.807) is 0 Å². The molecule has 1 fully saturated rings. The van der Waals surface area contributed by atoms with Crippen LogP contribution in [0.5, 0.6) is 11.5 Å². The number of alkyl halides is 1. The zero-order valence-electron chi connectivity index (χ0n) is 18.4. The maximum absolute atomic E-state index is 13.6. The number of phenols is 1. The molecular formula is C20H27FN4O9. The van der Waals surface area contributed by atoms with Crippen LogP contribution in [0.1, 0.15) is 18.1 Å². The first kappa shape index (κ1) is 25.8. The number of hydrogen-bond acceptors (Lipinski definition) is 12. The molecule has 1 aromatic carbocycles. The van der Waals surface area contributed by atoms with Gasteiger partial charge in [0.2, 0.25) is 5.72 Å². The fourth-order valence-corrected chi connectivity index (χ4v) is 3.86. The molecule has 0 aliphatic carbocycles. The van der Waals surface area contributed by atoms with Crippen LogP contribution < -0.4 is 16.2 Å². The number of nitrogens with zero attached hydrogens (tertiary/aromatic N) is 3. The van der Waals surface area contributed by atoms with Gasteiger partial charge < -0.3 is 45.9 Å². The number of phenolic OH excluding ortho intramolecular Hbond substituents is 1. The van der Waals surface area contributed by atoms with E-state index in [0.717, 1.165) is 6.20 Å². The van der Waals surface area contributed by atoms with Crippen LogP contribution in [-0.4, -0.2) is 83.2 Å². The van der Waals surface area contributed by atoms with Crippen molar-refractivity contribution in [2.45, 2.75) is 49.9 Å². The van der Waals surface area contributed by atoms with Crippen LogP contribution in [0.15, 0.2) is 29.2 Å². The fraction of sp³-hybridized carbons (Fsp3) is 0.500. The Balaban J connectivity index is 2.13. The Labute approximate surface area is 192 Å². The summed E-state index contributed by atoms with van der Waals surface area (Å²) >= 11 is 0. The highest BCUT2D eigenvalue weighted by Gasteiger charge is 2.70. The number of aromatic hydroxyl groups is 1. The lowest BCUT2D eigenvalue weighted by Gasteiger charge is -2.42. The van der Waals surface area contributed by atoms with Gasteiger partial charge in [-0.2, -0.15) is 0 Å². The molecule has 1 aliphatic rings. The van der Waals surface area contributed by atoms with Crippen molar-refractivity contribution < 1.29 is 44.6 Å². The van der Waals surface area contributed by atoms with Gasteiger partial charge >= 0.3 is 11.6 Å². The van der Waals surface area contributed by atoms with Crippen molar-refractivity contribution in [2.24, 2.45) is 0 Å². The van der Waals surface area contributed by atoms with E-state index in [2.05, 4.69) is 4.98 Å². The topological polar surface area (TPSA) is 204 Å². The average Bonchev–Trinajstić information content (AvgIpc) is 2.98. The van der Waals surface area contributed by atoms with Gasteiger partial charge in [-0.1, -0.05) is 6.07 Å². The number of anilines is 1. The van der Waals surface area contributed by atoms with E-state index in [0.29, 0.717) is 0 Å². The van der Waals surface area contributed by atoms with Gasteiger partial charge in [0.05, 0.1) is 20.3 Å². The van der Waals surface area contributed by atoms with Crippen LogP contribution in [0.4, 0.5) is 10.2 Å². The number of aliphatic hydroxyl groups excluding tert-OH is 2. The summed E-state index contributed by atoms with van der Waals surface area (Å²) in [6, 6.07) is 3.89. The largest absolute Gasteiger partial charge is 0.504 e. The Hall–Kier alpha value is -2.85. The Morgan fingerprint density at radius 2 is 2.09 bits per heavy atom. The molecule has 2 heterocycles. The molecule has 0 saturated carbocycles. The van der Waals surface area contributed by atoms with Crippen LogP contribution in [0.3, 0.4) is 0 Å². The minimum absolute atomic E-state index is 0.0244. The number of aliphatic hydroxyl groups is 4. The van der Waals surface area contributed by atoms with Crippen molar-refractivity contribution >= 4 is 5.82 Å². The molecular weight excluding hydrogens is 459 g/mol. The smallest absolute Gasteiger partial charge is 0.353 e. The molecule has 1 aliphatic heterocycles. The number of rotatable bonds is 8. The number of nitrogens with two attached hydrogens (primary N) is 1. The summed E-state index contributed by atoms with van der Waals surface area (Å²) < 4.78 is 24.1. The monoisotopic (exact) mass is 486 g/mol. The SMILES string of the molecule is COc1cc(CN(O)[C@@]2(O)[C@H](O)[C@@H](CO)O[C@]2(O)n2c(N)c(CC(C)F)cnc2=O)ccc1O. The van der Waals surface area contributed by atoms with Crippen LogP contribution >= 0.6 is 0 Å². The number of benzene rings is 1. The van der Waals surface area contributed by atoms with Crippen LogP contribution in [0, 0.1) is 0 Å². The summed E-state index contributed by atoms with van der Waals surface area (Å²) in [7, 11) is 1.29. The molecule has 14 heteroatoms. The Morgan fingerprint density at radius 3 is 2.68 bits per heavy atom. The minimum Gasteiger partial charge on any atom is -0.504 e. The Morgan fingerprint density at radius 1 is 1.41 bits per heavy atom. The standard InChI is InChI=1S/C20H27FN4O9/c1-10(21)5-12-7-23-18(29)25(17(12)22)20(31)19(30,16(28)15(9-26)34-20)24(32)8-11-3-4-13(27)14(6-11)33-2/h3-4,6-7,10,15-16,26-28,30-32H,5,8-9,22H2,1-2H3/t10?,15-,16-,19-,20+/m1/s1. The summed E-state index contributed by atoms with van der Waals surface area (Å²) in [5.41, 5.74) is 1.74. The molecule has 3 rings (SSSR count). The second-order valence-corrected chi connectivity index (χ2v) is 7.95. The number of halogens is 1. The third kappa shape index (κ3) is 4.09. The van der Waals surface area contributed by atoms with Gasteiger partial charge in [0, 0.05) is 18.2 Å². The molecule has 1 unspecified atom stereocenters. The van der Waals surface area contributed by atoms with Crippen molar-refractivity contribution in [2.75, 3.05) is 19.5 Å². The molecule has 0 radical (unpaired) electrons. The summed E-state index contributed by atoms with van der Waals surface area (Å²) in [6.07, 6.45) is -4.60. The zero-order valence-corrected chi connectivity index (χ0v) is 18.4. The van der Waals surface area contributed by atoms with Crippen LogP contribution in [0.2, 0.25) is 0 Å². The quantitative estimate of drug-likeness (QED) is 0.166. The summed E-state index contributed by atoms with van der Waals surface area (Å²) in [5, 5.41) is 63.8. The lowest BCUT2D eigenvalue weighted by Crippen LogP contribution is -2.68. The van der Waals surface area contributed by atoms with E-state index in [1.165, 1.54) is 32.2 Å². The van der Waals surface area contributed by atoms with Crippen LogP contribution in [-0.2, 0) is 23.6 Å². The molecule has 1 aromatic heterocycles. The van der Waals surface area contributed by atoms with Crippen molar-refractivity contribution in [3.8, 4) is 11.5 Å². The van der Waals surface area contributed by atoms with Crippen LogP contribution in [0.25, 0.3) is 0 Å². The third-order valence-electron chi connectivity index (χ3n) is 5.61. The molecule has 13 nitrogen and oxygen atoms in total. The lowest BCUT2D eigenvalue weighted by atomic mass is 9.99. The lowest BCUT2D eigenvalue weighted by molar-refractivity contribution is -0.413. The maximum atomic E-state index is 13.6. The Kier molecular flexibility index (Phi) is 7.14. The molecule has 8 N–H and O–H groups in total. The van der Waals surface area contributed by atoms with Gasteiger partial charge in [0.25, 0.3) is 0 Å². The second-order valence-electron chi connectivity index (χ2n) is 7.95. The van der Waals surface area contributed by atoms with Gasteiger partial charge in [-0.25, -0.2) is 18.7 Å². The Bertz CT molecular complexity index is 1100. The number of hydrogen-bond donors (Lipinski definition) is 7. The molecule has 5 atom stereocenters. The average molecular weight is 486 g/mol. The maximum Gasteiger partial charge on any atom is 0.353 e. The highest BCUT2D eigenvalue weighted by molar-refractivity contribution is 5.42. The third-order valence-corrected chi connectivity index (χ3v) is 5.61. The van der Waals surface area contributed by atoms with Gasteiger partial charge in [0.15, 0.2) is 11.5 Å². The number of hydroxylamine groups is 2. The van der Waals surface area contributed by atoms with E-state index in [4.69, 9.17) is 15.2 Å². The molecule has 1 saturated heterocycles. The van der Waals surface area contributed by atoms with Gasteiger partial charge in [-0.05, 0) is 24.6 Å². The van der Waals surface area contributed by atoms with Gasteiger partial charge in [-0.15, -0.1) is 5.06 Å². The zero-order chi connectivity index (χ0) is 25.4. The van der Waals surface area contributed by atoms with E-state index >= 15 is 0 Å². The van der Waals surface area contributed by atoms with E-state index in [-0.39, 0.29) is 38.7 Å². The first-order valence-corrected chi connectivity index (χ1v) is 10.2. The van der Waals surface area contributed by atoms with Crippen molar-refractivity contribution in [1.82, 2.24) is 14.6 Å². The van der Waals surface area contributed by atoms with Crippen molar-refractivity contribution in [3.05, 3.63) is 46.0 Å². The van der Waals surface area contributed by atoms with Crippen molar-refractivity contribution in [3.63, 3.8) is 0 Å². The first-order valence-electron chi connectivity index (χ1n) is 10.2. The predicted octanol–water partition coefficient (Wildman–Crippen LogP) is -1.63. The number of nitrogen functional groups attached to an aromatic ring is 1. The molecule has 0 amide bonds. The minimum atomic E-state index is -3.28. The van der Waals surface area contributed by atoms with Gasteiger partial charge in [-0.3, -0.25) is 0 Å². The second kappa shape index (κ2) is 9.42. The first-order chi connectivity index (χ1) is 15.9. The number of aromatic nitrogens is 2. The highest BCUT2D eigenvalue weighted by Crippen LogP contribution is 2.45. The van der Waals surface area contributed by atoms with Crippen molar-refractivity contribution in [1.29, 1.82) is 0 Å². The fourth-order valence-electron chi connectivity index (χ4n) is 3.86. The highest BCUT2D eigenvalue weighted by atomic mass is 19.1. The summed E-state index contributed by atoms with van der Waals surface area (Å²) in [5.74, 6) is -4.00. The molecule has 34 heavy (non-hydrogen) atoms. The number of methoxy groups -OCH3 is 1. The molecule has 2 aromatic rings. The molecule has 0 bridgehead atoms. The molecule has 0 spiro atoms. The van der Waals surface area contributed by atoms with Gasteiger partial charge in [0.1, 0.15) is 24.2 Å². The predicted molar refractivity (Wildman–Crippen MR) is 112 cm³/mol. The van der Waals surface area contributed by atoms with E-state index in [9.17, 15) is 39.9 Å². The molecule has 188 valence electrons. The number of ether oxygens (including phenoxy) is 2. The summed E-state index contributed by atoms with van der Waals surface area (Å²) in [6.45, 7) is -0.313.